The van der Waals surface area contributed by atoms with Crippen LogP contribution in [-0.2, 0) is 13.5 Å². The molecule has 3 aromatic rings. The number of rotatable bonds is 0. The van der Waals surface area contributed by atoms with Gasteiger partial charge in [0.25, 0.3) is 0 Å². The number of hydrogen-bond acceptors (Lipinski definition) is 0. The van der Waals surface area contributed by atoms with Gasteiger partial charge in [0.15, 0.2) is 0 Å². The zero-order valence-corrected chi connectivity index (χ0v) is 12.4. The molecule has 0 saturated carbocycles. The number of hydrogen-bond donors (Lipinski definition) is 0. The molecule has 0 atom stereocenters. The quantitative estimate of drug-likeness (QED) is 0.526. The first-order valence-electron chi connectivity index (χ1n) is 7.38. The van der Waals surface area contributed by atoms with Crippen molar-refractivity contribution in [1.29, 1.82) is 0 Å². The standard InChI is InChI=1S/C20H17N/c1-14-9-12-19-18(13-14)17-11-10-15-7-5-3-4-6-8-16(15)20(17)21(19)2/h5,7,9-13H,3,8H2,1-2H3. The van der Waals surface area contributed by atoms with Gasteiger partial charge >= 0.3 is 0 Å². The van der Waals surface area contributed by atoms with Crippen LogP contribution >= 0.6 is 0 Å². The lowest BCUT2D eigenvalue weighted by Gasteiger charge is -2.09. The van der Waals surface area contributed by atoms with Crippen molar-refractivity contribution in [3.8, 4) is 11.8 Å². The van der Waals surface area contributed by atoms with E-state index < -0.39 is 0 Å². The van der Waals surface area contributed by atoms with Crippen molar-refractivity contribution in [2.75, 3.05) is 0 Å². The van der Waals surface area contributed by atoms with E-state index in [9.17, 15) is 0 Å². The van der Waals surface area contributed by atoms with E-state index in [1.54, 1.807) is 0 Å². The lowest BCUT2D eigenvalue weighted by atomic mass is 9.98. The summed E-state index contributed by atoms with van der Waals surface area (Å²) in [7, 11) is 2.16. The number of aryl methyl sites for hydroxylation is 2. The van der Waals surface area contributed by atoms with E-state index in [-0.39, 0.29) is 0 Å². The zero-order chi connectivity index (χ0) is 14.4. The molecule has 4 rings (SSSR count). The summed E-state index contributed by atoms with van der Waals surface area (Å²) in [6, 6.07) is 11.2. The molecular weight excluding hydrogens is 254 g/mol. The van der Waals surface area contributed by atoms with Crippen molar-refractivity contribution in [3.63, 3.8) is 0 Å². The van der Waals surface area contributed by atoms with Crippen LogP contribution < -0.4 is 0 Å². The third-order valence-electron chi connectivity index (χ3n) is 4.37. The van der Waals surface area contributed by atoms with Crippen LogP contribution in [0.5, 0.6) is 0 Å². The minimum Gasteiger partial charge on any atom is -0.343 e. The third kappa shape index (κ3) is 1.80. The molecule has 1 heterocycles. The fourth-order valence-electron chi connectivity index (χ4n) is 3.34. The Bertz CT molecular complexity index is 958. The van der Waals surface area contributed by atoms with E-state index in [1.807, 2.05) is 0 Å². The number of benzene rings is 2. The highest BCUT2D eigenvalue weighted by Gasteiger charge is 2.14. The van der Waals surface area contributed by atoms with Crippen molar-refractivity contribution < 1.29 is 0 Å². The summed E-state index contributed by atoms with van der Waals surface area (Å²) in [5, 5.41) is 2.68. The van der Waals surface area contributed by atoms with Gasteiger partial charge in [0.1, 0.15) is 0 Å². The van der Waals surface area contributed by atoms with E-state index in [0.717, 1.165) is 12.8 Å². The maximum absolute atomic E-state index is 3.30. The van der Waals surface area contributed by atoms with Crippen molar-refractivity contribution >= 4 is 27.9 Å². The first-order chi connectivity index (χ1) is 10.3. The second-order valence-electron chi connectivity index (χ2n) is 5.75. The number of nitrogens with zero attached hydrogens (tertiary/aromatic N) is 1. The van der Waals surface area contributed by atoms with E-state index >= 15 is 0 Å². The van der Waals surface area contributed by atoms with Crippen LogP contribution in [0.25, 0.3) is 27.9 Å². The van der Waals surface area contributed by atoms with Gasteiger partial charge in [0, 0.05) is 36.2 Å². The van der Waals surface area contributed by atoms with Crippen LogP contribution in [-0.4, -0.2) is 4.57 Å². The largest absolute Gasteiger partial charge is 0.343 e. The summed E-state index contributed by atoms with van der Waals surface area (Å²) in [5.41, 5.74) is 6.59. The van der Waals surface area contributed by atoms with Crippen LogP contribution in [0.3, 0.4) is 0 Å². The summed E-state index contributed by atoms with van der Waals surface area (Å²) in [6.07, 6.45) is 6.06. The van der Waals surface area contributed by atoms with Gasteiger partial charge in [-0.2, -0.15) is 0 Å². The molecule has 2 aromatic carbocycles. The molecule has 0 fully saturated rings. The minimum atomic E-state index is 0.833. The highest BCUT2D eigenvalue weighted by Crippen LogP contribution is 2.33. The number of allylic oxidation sites excluding steroid dienone is 1. The molecule has 0 radical (unpaired) electrons. The Morgan fingerprint density at radius 2 is 1.95 bits per heavy atom. The van der Waals surface area contributed by atoms with Gasteiger partial charge in [-0.3, -0.25) is 0 Å². The second-order valence-corrected chi connectivity index (χ2v) is 5.75. The van der Waals surface area contributed by atoms with Crippen molar-refractivity contribution in [3.05, 3.63) is 53.1 Å². The Balaban J connectivity index is 2.18. The molecule has 0 unspecified atom stereocenters. The predicted octanol–water partition coefficient (Wildman–Crippen LogP) is 4.60. The van der Waals surface area contributed by atoms with Gasteiger partial charge in [-0.15, -0.1) is 0 Å². The van der Waals surface area contributed by atoms with E-state index in [4.69, 9.17) is 0 Å². The molecule has 0 spiro atoms. The highest BCUT2D eigenvalue weighted by molar-refractivity contribution is 6.10. The Morgan fingerprint density at radius 1 is 1.05 bits per heavy atom. The fraction of sp³-hybridized carbons (Fsp3) is 0.200. The van der Waals surface area contributed by atoms with Gasteiger partial charge in [-0.1, -0.05) is 47.8 Å². The lowest BCUT2D eigenvalue weighted by Crippen LogP contribution is -1.96. The Morgan fingerprint density at radius 3 is 2.86 bits per heavy atom. The molecule has 1 aromatic heterocycles. The molecular formula is C20H17N. The fourth-order valence-corrected chi connectivity index (χ4v) is 3.34. The molecule has 0 bridgehead atoms. The van der Waals surface area contributed by atoms with Crippen molar-refractivity contribution in [2.45, 2.75) is 19.8 Å². The van der Waals surface area contributed by atoms with Crippen LogP contribution in [0.2, 0.25) is 0 Å². The van der Waals surface area contributed by atoms with E-state index in [2.05, 4.69) is 72.9 Å². The summed E-state index contributed by atoms with van der Waals surface area (Å²) in [6.45, 7) is 2.15. The van der Waals surface area contributed by atoms with E-state index in [0.29, 0.717) is 0 Å². The molecule has 1 aliphatic carbocycles. The summed E-state index contributed by atoms with van der Waals surface area (Å²) < 4.78 is 2.32. The molecule has 0 aliphatic heterocycles. The minimum absolute atomic E-state index is 0.833. The third-order valence-corrected chi connectivity index (χ3v) is 4.37. The summed E-state index contributed by atoms with van der Waals surface area (Å²) >= 11 is 0. The molecule has 102 valence electrons. The maximum atomic E-state index is 3.30. The number of aromatic nitrogens is 1. The lowest BCUT2D eigenvalue weighted by molar-refractivity contribution is 1.00. The molecule has 1 nitrogen and oxygen atoms in total. The molecule has 21 heavy (non-hydrogen) atoms. The molecule has 0 saturated heterocycles. The van der Waals surface area contributed by atoms with Crippen LogP contribution in [0.15, 0.2) is 36.4 Å². The Kier molecular flexibility index (Phi) is 2.65. The first kappa shape index (κ1) is 12.3. The second kappa shape index (κ2) is 4.53. The number of fused-ring (bicyclic) bond motifs is 5. The molecule has 1 aliphatic rings. The highest BCUT2D eigenvalue weighted by atomic mass is 14.9. The summed E-state index contributed by atoms with van der Waals surface area (Å²) in [5.74, 6) is 6.51. The normalized spacial score (nSPS) is 13.6. The average Bonchev–Trinajstić information content (AvgIpc) is 2.72. The smallest absolute Gasteiger partial charge is 0.0537 e. The first-order valence-corrected chi connectivity index (χ1v) is 7.38. The monoisotopic (exact) mass is 271 g/mol. The molecule has 0 amide bonds. The zero-order valence-electron chi connectivity index (χ0n) is 12.4. The average molecular weight is 271 g/mol. The van der Waals surface area contributed by atoms with Crippen LogP contribution in [0, 0.1) is 18.8 Å². The van der Waals surface area contributed by atoms with Crippen LogP contribution in [0.4, 0.5) is 0 Å². The van der Waals surface area contributed by atoms with Gasteiger partial charge in [-0.25, -0.2) is 0 Å². The van der Waals surface area contributed by atoms with Gasteiger partial charge in [0.05, 0.1) is 5.52 Å². The van der Waals surface area contributed by atoms with Crippen molar-refractivity contribution in [2.24, 2.45) is 7.05 Å². The van der Waals surface area contributed by atoms with Gasteiger partial charge < -0.3 is 4.57 Å². The molecule has 0 N–H and O–H groups in total. The van der Waals surface area contributed by atoms with Gasteiger partial charge in [0.2, 0.25) is 0 Å². The van der Waals surface area contributed by atoms with E-state index in [1.165, 1.54) is 38.5 Å². The molecule has 1 heteroatoms. The van der Waals surface area contributed by atoms with Crippen LogP contribution in [0.1, 0.15) is 23.1 Å². The maximum Gasteiger partial charge on any atom is 0.0537 e. The Hall–Kier alpha value is -2.46. The predicted molar refractivity (Wildman–Crippen MR) is 90.3 cm³/mol. The SMILES string of the molecule is Cc1ccc2c(c1)c1ccc3c(c1n2C)CC#CCC=C3. The topological polar surface area (TPSA) is 4.93 Å². The Labute approximate surface area is 124 Å². The van der Waals surface area contributed by atoms with Crippen molar-refractivity contribution in [1.82, 2.24) is 4.57 Å². The van der Waals surface area contributed by atoms with Gasteiger partial charge in [-0.05, 0) is 30.2 Å². The summed E-state index contributed by atoms with van der Waals surface area (Å²) in [4.78, 5) is 0.